The number of fused-ring (bicyclic) bond motifs is 2. The number of methoxy groups -OCH3 is 1. The van der Waals surface area contributed by atoms with Gasteiger partial charge < -0.3 is 24.6 Å². The number of hydrogen-bond donors (Lipinski definition) is 2. The van der Waals surface area contributed by atoms with Crippen LogP contribution in [0.15, 0.2) is 65.5 Å². The lowest BCUT2D eigenvalue weighted by molar-refractivity contribution is 0.325. The van der Waals surface area contributed by atoms with Crippen LogP contribution < -0.4 is 15.2 Å². The topological polar surface area (TPSA) is 99.2 Å². The van der Waals surface area contributed by atoms with E-state index in [1.165, 1.54) is 0 Å². The van der Waals surface area contributed by atoms with Crippen LogP contribution in [-0.4, -0.2) is 35.2 Å². The third-order valence-corrected chi connectivity index (χ3v) is 4.97. The Labute approximate surface area is 172 Å². The Balaban J connectivity index is 1.60. The lowest BCUT2D eigenvalue weighted by Crippen LogP contribution is -2.10. The summed E-state index contributed by atoms with van der Waals surface area (Å²) in [7, 11) is 1.62. The maximum Gasteiger partial charge on any atom is 0.161 e. The van der Waals surface area contributed by atoms with Crippen molar-refractivity contribution in [2.45, 2.75) is 0 Å². The van der Waals surface area contributed by atoms with E-state index in [-0.39, 0.29) is 0 Å². The molecule has 0 spiro atoms. The second kappa shape index (κ2) is 7.53. The third kappa shape index (κ3) is 3.15. The van der Waals surface area contributed by atoms with Crippen LogP contribution in [0, 0.1) is 0 Å². The number of aromatic nitrogens is 3. The quantitative estimate of drug-likeness (QED) is 0.439. The molecule has 0 atom stereocenters. The van der Waals surface area contributed by atoms with Crippen molar-refractivity contribution in [1.29, 1.82) is 0 Å². The molecule has 0 unspecified atom stereocenters. The number of aromatic amines is 1. The Hall–Kier alpha value is -3.84. The molecule has 7 nitrogen and oxygen atoms in total. The number of pyridine rings is 1. The number of rotatable bonds is 6. The van der Waals surface area contributed by atoms with Crippen molar-refractivity contribution >= 4 is 22.1 Å². The van der Waals surface area contributed by atoms with Gasteiger partial charge in [-0.25, -0.2) is 4.98 Å². The molecule has 0 saturated carbocycles. The highest BCUT2D eigenvalue weighted by Crippen LogP contribution is 2.38. The first-order valence-electron chi connectivity index (χ1n) is 9.60. The van der Waals surface area contributed by atoms with Gasteiger partial charge in [0, 0.05) is 30.4 Å². The number of hydrogen-bond acceptors (Lipinski definition) is 6. The predicted octanol–water partition coefficient (Wildman–Crippen LogP) is 4.38. The van der Waals surface area contributed by atoms with E-state index in [0.717, 1.165) is 38.8 Å². The van der Waals surface area contributed by atoms with Gasteiger partial charge in [0.2, 0.25) is 0 Å². The van der Waals surface area contributed by atoms with Gasteiger partial charge in [0.25, 0.3) is 0 Å². The van der Waals surface area contributed by atoms with Gasteiger partial charge in [-0.05, 0) is 35.9 Å². The fourth-order valence-corrected chi connectivity index (χ4v) is 3.54. The van der Waals surface area contributed by atoms with Crippen molar-refractivity contribution < 1.29 is 13.9 Å². The second-order valence-corrected chi connectivity index (χ2v) is 6.82. The standard InChI is InChI=1S/C23H20N4O3/c1-28-21-11-15(29-9-7-24)3-4-17(21)22-12-20-23(30-22)16(6-8-25-20)14-2-5-18-19(10-14)27-13-26-18/h2-6,8,10-13H,7,9,24H2,1H3,(H,26,27). The van der Waals surface area contributed by atoms with Crippen LogP contribution in [0.25, 0.3) is 44.6 Å². The van der Waals surface area contributed by atoms with Gasteiger partial charge in [-0.15, -0.1) is 0 Å². The maximum absolute atomic E-state index is 6.27. The van der Waals surface area contributed by atoms with Crippen LogP contribution >= 0.6 is 0 Å². The van der Waals surface area contributed by atoms with Crippen molar-refractivity contribution in [1.82, 2.24) is 15.0 Å². The molecule has 0 bridgehead atoms. The van der Waals surface area contributed by atoms with E-state index >= 15 is 0 Å². The van der Waals surface area contributed by atoms with Gasteiger partial charge in [-0.2, -0.15) is 0 Å². The molecule has 2 aromatic carbocycles. The van der Waals surface area contributed by atoms with E-state index in [4.69, 9.17) is 19.6 Å². The molecular weight excluding hydrogens is 380 g/mol. The van der Waals surface area contributed by atoms with Gasteiger partial charge in [0.15, 0.2) is 5.58 Å². The molecule has 0 aliphatic rings. The molecule has 0 saturated heterocycles. The second-order valence-electron chi connectivity index (χ2n) is 6.82. The SMILES string of the molecule is COc1cc(OCCN)ccc1-c1cc2nccc(-c3ccc4nc[nH]c4c3)c2o1. The van der Waals surface area contributed by atoms with Gasteiger partial charge in [-0.3, -0.25) is 4.98 Å². The molecule has 0 amide bonds. The normalized spacial score (nSPS) is 11.3. The number of H-pyrrole nitrogens is 1. The third-order valence-electron chi connectivity index (χ3n) is 4.97. The average Bonchev–Trinajstić information content (AvgIpc) is 3.43. The van der Waals surface area contributed by atoms with Gasteiger partial charge in [0.1, 0.15) is 29.4 Å². The van der Waals surface area contributed by atoms with E-state index in [0.29, 0.717) is 30.4 Å². The molecule has 3 aromatic heterocycles. The Morgan fingerprint density at radius 3 is 2.80 bits per heavy atom. The largest absolute Gasteiger partial charge is 0.496 e. The molecule has 0 fully saturated rings. The van der Waals surface area contributed by atoms with E-state index < -0.39 is 0 Å². The molecule has 5 aromatic rings. The van der Waals surface area contributed by atoms with Crippen molar-refractivity contribution in [3.63, 3.8) is 0 Å². The number of imidazole rings is 1. The Bertz CT molecular complexity index is 1340. The molecule has 150 valence electrons. The van der Waals surface area contributed by atoms with Crippen molar-refractivity contribution in [3.05, 3.63) is 61.1 Å². The van der Waals surface area contributed by atoms with Crippen LogP contribution in [0.5, 0.6) is 11.5 Å². The van der Waals surface area contributed by atoms with Crippen LogP contribution in [-0.2, 0) is 0 Å². The Kier molecular flexibility index (Phi) is 4.57. The van der Waals surface area contributed by atoms with E-state index in [9.17, 15) is 0 Å². The van der Waals surface area contributed by atoms with E-state index in [2.05, 4.69) is 21.0 Å². The smallest absolute Gasteiger partial charge is 0.161 e. The van der Waals surface area contributed by atoms with Gasteiger partial charge >= 0.3 is 0 Å². The maximum atomic E-state index is 6.27. The summed E-state index contributed by atoms with van der Waals surface area (Å²) in [6, 6.07) is 15.6. The highest BCUT2D eigenvalue weighted by Gasteiger charge is 2.16. The lowest BCUT2D eigenvalue weighted by atomic mass is 10.1. The zero-order valence-corrected chi connectivity index (χ0v) is 16.4. The summed E-state index contributed by atoms with van der Waals surface area (Å²) in [5.74, 6) is 2.03. The van der Waals surface area contributed by atoms with Crippen molar-refractivity contribution in [2.24, 2.45) is 5.73 Å². The molecule has 5 rings (SSSR count). The summed E-state index contributed by atoms with van der Waals surface area (Å²) >= 11 is 0. The summed E-state index contributed by atoms with van der Waals surface area (Å²) in [4.78, 5) is 11.9. The number of ether oxygens (including phenoxy) is 2. The summed E-state index contributed by atoms with van der Waals surface area (Å²) in [6.45, 7) is 0.896. The zero-order valence-electron chi connectivity index (χ0n) is 16.4. The highest BCUT2D eigenvalue weighted by molar-refractivity contribution is 5.94. The Morgan fingerprint density at radius 1 is 1.00 bits per heavy atom. The van der Waals surface area contributed by atoms with E-state index in [1.54, 1.807) is 19.6 Å². The minimum atomic E-state index is 0.446. The lowest BCUT2D eigenvalue weighted by Gasteiger charge is -2.10. The molecule has 0 aliphatic heterocycles. The van der Waals surface area contributed by atoms with Crippen LogP contribution in [0.3, 0.4) is 0 Å². The fraction of sp³-hybridized carbons (Fsp3) is 0.130. The van der Waals surface area contributed by atoms with Gasteiger partial charge in [0.05, 0.1) is 30.0 Å². The van der Waals surface area contributed by atoms with Crippen LogP contribution in [0.1, 0.15) is 0 Å². The molecule has 0 aliphatic carbocycles. The minimum Gasteiger partial charge on any atom is -0.496 e. The Morgan fingerprint density at radius 2 is 1.93 bits per heavy atom. The number of nitrogens with zero attached hydrogens (tertiary/aromatic N) is 2. The van der Waals surface area contributed by atoms with Crippen LogP contribution in [0.4, 0.5) is 0 Å². The molecule has 7 heteroatoms. The number of nitrogens with two attached hydrogens (primary N) is 1. The summed E-state index contributed by atoms with van der Waals surface area (Å²) < 4.78 is 17.4. The van der Waals surface area contributed by atoms with Gasteiger partial charge in [-0.1, -0.05) is 6.07 Å². The summed E-state index contributed by atoms with van der Waals surface area (Å²) in [6.07, 6.45) is 3.48. The van der Waals surface area contributed by atoms with E-state index in [1.807, 2.05) is 42.5 Å². The predicted molar refractivity (Wildman–Crippen MR) is 116 cm³/mol. The number of nitrogens with one attached hydrogen (secondary N) is 1. The number of furan rings is 1. The molecular formula is C23H20N4O3. The van der Waals surface area contributed by atoms with Crippen molar-refractivity contribution in [3.8, 4) is 33.9 Å². The monoisotopic (exact) mass is 400 g/mol. The summed E-state index contributed by atoms with van der Waals surface area (Å²) in [5, 5.41) is 0. The highest BCUT2D eigenvalue weighted by atomic mass is 16.5. The molecule has 0 radical (unpaired) electrons. The zero-order chi connectivity index (χ0) is 20.5. The molecule has 3 N–H and O–H groups in total. The molecule has 30 heavy (non-hydrogen) atoms. The average molecular weight is 400 g/mol. The molecule has 3 heterocycles. The van der Waals surface area contributed by atoms with Crippen molar-refractivity contribution in [2.75, 3.05) is 20.3 Å². The first-order valence-corrected chi connectivity index (χ1v) is 9.60. The number of benzene rings is 2. The van der Waals surface area contributed by atoms with Crippen LogP contribution in [0.2, 0.25) is 0 Å². The minimum absolute atomic E-state index is 0.446. The fourth-order valence-electron chi connectivity index (χ4n) is 3.54. The first kappa shape index (κ1) is 18.2. The summed E-state index contributed by atoms with van der Waals surface area (Å²) in [5.41, 5.74) is 11.7. The first-order chi connectivity index (χ1) is 14.8.